The van der Waals surface area contributed by atoms with Gasteiger partial charge in [0.05, 0.1) is 6.10 Å². The average molecular weight is 273 g/mol. The molecule has 20 heavy (non-hydrogen) atoms. The minimum absolute atomic E-state index is 0.106. The Morgan fingerprint density at radius 3 is 3.10 bits per heavy atom. The molecule has 1 aliphatic heterocycles. The van der Waals surface area contributed by atoms with E-state index in [1.54, 1.807) is 12.1 Å². The van der Waals surface area contributed by atoms with Crippen LogP contribution in [0.2, 0.25) is 0 Å². The molecule has 1 saturated heterocycles. The van der Waals surface area contributed by atoms with E-state index in [2.05, 4.69) is 17.2 Å². The van der Waals surface area contributed by atoms with Crippen LogP contribution in [0.1, 0.15) is 34.3 Å². The highest BCUT2D eigenvalue weighted by Crippen LogP contribution is 2.14. The average Bonchev–Trinajstić information content (AvgIpc) is 2.97. The smallest absolute Gasteiger partial charge is 0.251 e. The third-order valence-corrected chi connectivity index (χ3v) is 3.39. The van der Waals surface area contributed by atoms with Crippen molar-refractivity contribution >= 4 is 5.91 Å². The number of carbonyl (C=O) groups excluding carboxylic acids is 1. The van der Waals surface area contributed by atoms with Crippen LogP contribution in [-0.2, 0) is 4.74 Å². The number of hydrogen-bond donors (Lipinski definition) is 2. The lowest BCUT2D eigenvalue weighted by molar-refractivity contribution is 0.0857. The Hall–Kier alpha value is -1.83. The van der Waals surface area contributed by atoms with Gasteiger partial charge in [-0.1, -0.05) is 17.9 Å². The van der Waals surface area contributed by atoms with Crippen LogP contribution >= 0.6 is 0 Å². The molecule has 1 fully saturated rings. The molecule has 1 aromatic carbocycles. The van der Waals surface area contributed by atoms with Crippen molar-refractivity contribution in [1.82, 2.24) is 5.32 Å². The number of amides is 1. The highest BCUT2D eigenvalue weighted by atomic mass is 16.5. The first-order valence-corrected chi connectivity index (χ1v) is 6.81. The fraction of sp³-hybridized carbons (Fsp3) is 0.438. The van der Waals surface area contributed by atoms with Crippen molar-refractivity contribution in [1.29, 1.82) is 0 Å². The Kier molecular flexibility index (Phi) is 5.16. The predicted molar refractivity (Wildman–Crippen MR) is 76.5 cm³/mol. The maximum Gasteiger partial charge on any atom is 0.251 e. The fourth-order valence-electron chi connectivity index (χ4n) is 2.26. The summed E-state index contributed by atoms with van der Waals surface area (Å²) < 4.78 is 5.48. The molecule has 0 saturated carbocycles. The van der Waals surface area contributed by atoms with E-state index in [0.717, 1.165) is 30.6 Å². The van der Waals surface area contributed by atoms with E-state index in [1.807, 2.05) is 13.0 Å². The largest absolute Gasteiger partial charge is 0.384 e. The van der Waals surface area contributed by atoms with Gasteiger partial charge < -0.3 is 15.2 Å². The number of ether oxygens (including phenoxy) is 1. The molecule has 1 amide bonds. The van der Waals surface area contributed by atoms with Gasteiger partial charge in [-0.2, -0.15) is 0 Å². The molecule has 1 unspecified atom stereocenters. The van der Waals surface area contributed by atoms with Crippen molar-refractivity contribution in [2.24, 2.45) is 0 Å². The van der Waals surface area contributed by atoms with E-state index >= 15 is 0 Å². The summed E-state index contributed by atoms with van der Waals surface area (Å²) in [4.78, 5) is 12.2. The van der Waals surface area contributed by atoms with E-state index < -0.39 is 0 Å². The van der Waals surface area contributed by atoms with Crippen molar-refractivity contribution in [3.8, 4) is 11.8 Å². The van der Waals surface area contributed by atoms with Crippen LogP contribution < -0.4 is 5.32 Å². The van der Waals surface area contributed by atoms with Crippen molar-refractivity contribution in [3.63, 3.8) is 0 Å². The van der Waals surface area contributed by atoms with Crippen molar-refractivity contribution in [3.05, 3.63) is 34.9 Å². The molecule has 4 heteroatoms. The Bertz CT molecular complexity index is 536. The third kappa shape index (κ3) is 3.60. The van der Waals surface area contributed by atoms with E-state index in [-0.39, 0.29) is 18.6 Å². The first-order chi connectivity index (χ1) is 9.72. The van der Waals surface area contributed by atoms with Crippen LogP contribution in [0, 0.1) is 18.8 Å². The van der Waals surface area contributed by atoms with Gasteiger partial charge in [0.15, 0.2) is 0 Å². The maximum absolute atomic E-state index is 12.2. The minimum Gasteiger partial charge on any atom is -0.384 e. The molecule has 1 heterocycles. The molecule has 2 N–H and O–H groups in total. The molecular weight excluding hydrogens is 254 g/mol. The van der Waals surface area contributed by atoms with Crippen LogP contribution in [-0.4, -0.2) is 36.9 Å². The lowest BCUT2D eigenvalue weighted by Crippen LogP contribution is -2.32. The standard InChI is InChI=1S/C16H19NO3/c1-12-13(6-3-9-18)5-2-8-15(12)16(19)17-11-14-7-4-10-20-14/h2,5,8,14,18H,4,7,9-11H2,1H3,(H,17,19). The number of aliphatic hydroxyl groups excluding tert-OH is 1. The van der Waals surface area contributed by atoms with Gasteiger partial charge in [0.2, 0.25) is 0 Å². The summed E-state index contributed by atoms with van der Waals surface area (Å²) in [5, 5.41) is 11.6. The number of nitrogens with one attached hydrogen (secondary N) is 1. The van der Waals surface area contributed by atoms with Gasteiger partial charge in [-0.15, -0.1) is 0 Å². The lowest BCUT2D eigenvalue weighted by atomic mass is 10.0. The normalized spacial score (nSPS) is 17.4. The second kappa shape index (κ2) is 7.09. The summed E-state index contributed by atoms with van der Waals surface area (Å²) in [5.41, 5.74) is 2.22. The summed E-state index contributed by atoms with van der Waals surface area (Å²) >= 11 is 0. The number of benzene rings is 1. The fourth-order valence-corrected chi connectivity index (χ4v) is 2.26. The first-order valence-electron chi connectivity index (χ1n) is 6.81. The summed E-state index contributed by atoms with van der Waals surface area (Å²) in [6, 6.07) is 5.43. The van der Waals surface area contributed by atoms with Crippen molar-refractivity contribution < 1.29 is 14.6 Å². The molecule has 0 aromatic heterocycles. The summed E-state index contributed by atoms with van der Waals surface area (Å²) in [7, 11) is 0. The van der Waals surface area contributed by atoms with Crippen LogP contribution in [0.3, 0.4) is 0 Å². The quantitative estimate of drug-likeness (QED) is 0.815. The van der Waals surface area contributed by atoms with Gasteiger partial charge in [0.25, 0.3) is 5.91 Å². The molecule has 0 radical (unpaired) electrons. The monoisotopic (exact) mass is 273 g/mol. The van der Waals surface area contributed by atoms with Crippen LogP contribution in [0.5, 0.6) is 0 Å². The van der Waals surface area contributed by atoms with Crippen LogP contribution in [0.4, 0.5) is 0 Å². The Labute approximate surface area is 119 Å². The SMILES string of the molecule is Cc1c(C#CCO)cccc1C(=O)NCC1CCCO1. The molecule has 1 aliphatic rings. The van der Waals surface area contributed by atoms with Gasteiger partial charge in [-0.3, -0.25) is 4.79 Å². The molecular formula is C16H19NO3. The Balaban J connectivity index is 2.05. The van der Waals surface area contributed by atoms with Crippen LogP contribution in [0.25, 0.3) is 0 Å². The van der Waals surface area contributed by atoms with E-state index in [9.17, 15) is 4.79 Å². The first kappa shape index (κ1) is 14.6. The second-order valence-electron chi connectivity index (χ2n) is 4.78. The highest BCUT2D eigenvalue weighted by Gasteiger charge is 2.17. The zero-order chi connectivity index (χ0) is 14.4. The second-order valence-corrected chi connectivity index (χ2v) is 4.78. The third-order valence-electron chi connectivity index (χ3n) is 3.39. The molecule has 2 rings (SSSR count). The van der Waals surface area contributed by atoms with Crippen molar-refractivity contribution in [2.75, 3.05) is 19.8 Å². The number of carbonyl (C=O) groups is 1. The highest BCUT2D eigenvalue weighted by molar-refractivity contribution is 5.96. The summed E-state index contributed by atoms with van der Waals surface area (Å²) in [6.45, 7) is 3.01. The molecule has 0 aliphatic carbocycles. The lowest BCUT2D eigenvalue weighted by Gasteiger charge is -2.12. The van der Waals surface area contributed by atoms with Gasteiger partial charge in [-0.25, -0.2) is 0 Å². The zero-order valence-electron chi connectivity index (χ0n) is 11.6. The summed E-state index contributed by atoms with van der Waals surface area (Å²) in [5.74, 6) is 5.35. The molecule has 1 atom stereocenters. The molecule has 4 nitrogen and oxygen atoms in total. The molecule has 1 aromatic rings. The van der Waals surface area contributed by atoms with E-state index in [0.29, 0.717) is 12.1 Å². The molecule has 106 valence electrons. The van der Waals surface area contributed by atoms with Gasteiger partial charge in [0.1, 0.15) is 6.61 Å². The van der Waals surface area contributed by atoms with Gasteiger partial charge >= 0.3 is 0 Å². The number of hydrogen-bond acceptors (Lipinski definition) is 3. The van der Waals surface area contributed by atoms with Crippen molar-refractivity contribution in [2.45, 2.75) is 25.9 Å². The molecule has 0 bridgehead atoms. The maximum atomic E-state index is 12.2. The van der Waals surface area contributed by atoms with Gasteiger partial charge in [-0.05, 0) is 37.5 Å². The predicted octanol–water partition coefficient (Wildman–Crippen LogP) is 1.25. The van der Waals surface area contributed by atoms with E-state index in [4.69, 9.17) is 9.84 Å². The Morgan fingerprint density at radius 2 is 2.40 bits per heavy atom. The summed E-state index contributed by atoms with van der Waals surface area (Å²) in [6.07, 6.45) is 2.20. The topological polar surface area (TPSA) is 58.6 Å². The molecule has 0 spiro atoms. The van der Waals surface area contributed by atoms with E-state index in [1.165, 1.54) is 0 Å². The number of rotatable bonds is 3. The van der Waals surface area contributed by atoms with Gasteiger partial charge in [0, 0.05) is 24.3 Å². The number of aliphatic hydroxyl groups is 1. The minimum atomic E-state index is -0.186. The van der Waals surface area contributed by atoms with Crippen LogP contribution in [0.15, 0.2) is 18.2 Å². The zero-order valence-corrected chi connectivity index (χ0v) is 11.6. The Morgan fingerprint density at radius 1 is 1.55 bits per heavy atom.